The topological polar surface area (TPSA) is 98.8 Å². The van der Waals surface area contributed by atoms with Crippen LogP contribution in [0.3, 0.4) is 0 Å². The van der Waals surface area contributed by atoms with Crippen LogP contribution in [0.15, 0.2) is 31.9 Å². The Labute approximate surface area is 172 Å². The summed E-state index contributed by atoms with van der Waals surface area (Å²) in [4.78, 5) is 25.9. The number of nitrogens with zero attached hydrogens (tertiary/aromatic N) is 2. The molecule has 0 spiro atoms. The fraction of sp³-hybridized carbons (Fsp3) is 0.556. The second-order valence-corrected chi connectivity index (χ2v) is 10.8. The Morgan fingerprint density at radius 1 is 1.29 bits per heavy atom. The maximum atomic E-state index is 12.4. The van der Waals surface area contributed by atoms with E-state index in [1.807, 2.05) is 0 Å². The van der Waals surface area contributed by atoms with Crippen molar-refractivity contribution in [3.63, 3.8) is 0 Å². The minimum absolute atomic E-state index is 0.0281. The molecule has 0 unspecified atom stereocenters. The van der Waals surface area contributed by atoms with E-state index in [9.17, 15) is 18.0 Å². The van der Waals surface area contributed by atoms with Crippen molar-refractivity contribution in [3.8, 4) is 0 Å². The first-order valence-electron chi connectivity index (χ1n) is 8.80. The molecular weight excluding hydrogens is 452 g/mol. The normalized spacial score (nSPS) is 12.3. The number of aromatic nitrogens is 1. The van der Waals surface area contributed by atoms with Gasteiger partial charge in [-0.3, -0.25) is 4.57 Å². The van der Waals surface area contributed by atoms with Gasteiger partial charge in [0.2, 0.25) is 0 Å². The van der Waals surface area contributed by atoms with Gasteiger partial charge in [0.15, 0.2) is 5.58 Å². The van der Waals surface area contributed by atoms with Gasteiger partial charge in [0.25, 0.3) is 0 Å². The molecule has 0 fully saturated rings. The molecule has 0 N–H and O–H groups in total. The summed E-state index contributed by atoms with van der Waals surface area (Å²) in [6.45, 7) is 5.83. The number of carbonyl (C=O) groups excluding carboxylic acids is 1. The van der Waals surface area contributed by atoms with Gasteiger partial charge in [-0.1, -0.05) is 15.9 Å². The lowest BCUT2D eigenvalue weighted by atomic mass is 10.2. The van der Waals surface area contributed by atoms with E-state index in [4.69, 9.17) is 9.15 Å². The standard InChI is InChI=1S/C18H25BrN2O6S/c1-18(2,3)27-16(22)20(10-11-28(4,24)25)8-5-9-21-14-12-13(19)6-7-15(14)26-17(21)23/h6-7,12H,5,8-11H2,1-4H3. The van der Waals surface area contributed by atoms with Gasteiger partial charge in [-0.05, 0) is 45.4 Å². The number of sulfone groups is 1. The second-order valence-electron chi connectivity index (χ2n) is 7.58. The average molecular weight is 477 g/mol. The Hall–Kier alpha value is -1.81. The van der Waals surface area contributed by atoms with Crippen LogP contribution in [0.25, 0.3) is 11.1 Å². The van der Waals surface area contributed by atoms with Crippen LogP contribution < -0.4 is 5.76 Å². The molecule has 0 aliphatic carbocycles. The highest BCUT2D eigenvalue weighted by Gasteiger charge is 2.23. The van der Waals surface area contributed by atoms with Gasteiger partial charge in [0, 0.05) is 30.4 Å². The van der Waals surface area contributed by atoms with Crippen LogP contribution in [0, 0.1) is 0 Å². The van der Waals surface area contributed by atoms with Gasteiger partial charge >= 0.3 is 11.8 Å². The number of hydrogen-bond donors (Lipinski definition) is 0. The Bertz CT molecular complexity index is 1000. The maximum Gasteiger partial charge on any atom is 0.419 e. The van der Waals surface area contributed by atoms with E-state index in [1.165, 1.54) is 9.47 Å². The molecule has 2 rings (SSSR count). The maximum absolute atomic E-state index is 12.4. The van der Waals surface area contributed by atoms with E-state index >= 15 is 0 Å². The molecule has 0 aliphatic heterocycles. The van der Waals surface area contributed by atoms with Crippen LogP contribution in [-0.2, 0) is 21.1 Å². The quantitative estimate of drug-likeness (QED) is 0.608. The number of oxazole rings is 1. The number of benzene rings is 1. The number of ether oxygens (including phenoxy) is 1. The minimum atomic E-state index is -3.23. The Kier molecular flexibility index (Phi) is 6.97. The van der Waals surface area contributed by atoms with Crippen LogP contribution in [0.4, 0.5) is 4.79 Å². The summed E-state index contributed by atoms with van der Waals surface area (Å²) in [5, 5.41) is 0. The molecular formula is C18H25BrN2O6S. The highest BCUT2D eigenvalue weighted by molar-refractivity contribution is 9.10. The largest absolute Gasteiger partial charge is 0.444 e. The monoisotopic (exact) mass is 476 g/mol. The average Bonchev–Trinajstić information content (AvgIpc) is 2.83. The van der Waals surface area contributed by atoms with Crippen molar-refractivity contribution in [3.05, 3.63) is 33.2 Å². The highest BCUT2D eigenvalue weighted by atomic mass is 79.9. The van der Waals surface area contributed by atoms with Crippen molar-refractivity contribution in [2.75, 3.05) is 25.1 Å². The van der Waals surface area contributed by atoms with E-state index in [1.54, 1.807) is 39.0 Å². The van der Waals surface area contributed by atoms with E-state index < -0.39 is 27.3 Å². The summed E-state index contributed by atoms with van der Waals surface area (Å²) < 4.78 is 35.9. The summed E-state index contributed by atoms with van der Waals surface area (Å²) in [6.07, 6.45) is 0.975. The van der Waals surface area contributed by atoms with Crippen LogP contribution in [-0.4, -0.2) is 54.7 Å². The van der Waals surface area contributed by atoms with E-state index in [0.29, 0.717) is 24.1 Å². The van der Waals surface area contributed by atoms with Crippen LogP contribution in [0.2, 0.25) is 0 Å². The van der Waals surface area contributed by atoms with Gasteiger partial charge < -0.3 is 14.1 Å². The molecule has 1 heterocycles. The third-order valence-electron chi connectivity index (χ3n) is 3.82. The number of fused-ring (bicyclic) bond motifs is 1. The lowest BCUT2D eigenvalue weighted by Crippen LogP contribution is -2.40. The Morgan fingerprint density at radius 3 is 2.57 bits per heavy atom. The third-order valence-corrected chi connectivity index (χ3v) is 5.24. The fourth-order valence-electron chi connectivity index (χ4n) is 2.56. The molecule has 1 amide bonds. The number of halogens is 1. The molecule has 8 nitrogen and oxygen atoms in total. The van der Waals surface area contributed by atoms with Crippen molar-refractivity contribution < 1.29 is 22.4 Å². The second kappa shape index (κ2) is 8.69. The van der Waals surface area contributed by atoms with Gasteiger partial charge in [-0.25, -0.2) is 18.0 Å². The van der Waals surface area contributed by atoms with Gasteiger partial charge in [-0.2, -0.15) is 0 Å². The molecule has 28 heavy (non-hydrogen) atoms. The van der Waals surface area contributed by atoms with Crippen molar-refractivity contribution >= 4 is 43.0 Å². The van der Waals surface area contributed by atoms with Crippen LogP contribution in [0.1, 0.15) is 27.2 Å². The van der Waals surface area contributed by atoms with E-state index in [0.717, 1.165) is 10.7 Å². The van der Waals surface area contributed by atoms with E-state index in [2.05, 4.69) is 15.9 Å². The van der Waals surface area contributed by atoms with Gasteiger partial charge in [0.05, 0.1) is 11.3 Å². The summed E-state index contributed by atoms with van der Waals surface area (Å²) in [6, 6.07) is 5.27. The van der Waals surface area contributed by atoms with Gasteiger partial charge in [-0.15, -0.1) is 0 Å². The van der Waals surface area contributed by atoms with Crippen LogP contribution in [0.5, 0.6) is 0 Å². The summed E-state index contributed by atoms with van der Waals surface area (Å²) >= 11 is 3.37. The van der Waals surface area contributed by atoms with Crippen molar-refractivity contribution in [2.45, 2.75) is 39.3 Å². The van der Waals surface area contributed by atoms with Crippen molar-refractivity contribution in [1.82, 2.24) is 9.47 Å². The zero-order chi connectivity index (χ0) is 21.1. The predicted octanol–water partition coefficient (Wildman–Crippen LogP) is 3.03. The molecule has 1 aromatic carbocycles. The third kappa shape index (κ3) is 6.66. The summed E-state index contributed by atoms with van der Waals surface area (Å²) in [5.74, 6) is -0.638. The number of aryl methyl sites for hydroxylation is 1. The van der Waals surface area contributed by atoms with Crippen LogP contribution >= 0.6 is 15.9 Å². The molecule has 0 radical (unpaired) electrons. The first-order chi connectivity index (χ1) is 12.9. The highest BCUT2D eigenvalue weighted by Crippen LogP contribution is 2.19. The molecule has 0 saturated carbocycles. The molecule has 10 heteroatoms. The molecule has 0 saturated heterocycles. The number of amides is 1. The Balaban J connectivity index is 2.10. The summed E-state index contributed by atoms with van der Waals surface area (Å²) in [5.41, 5.74) is 0.443. The lowest BCUT2D eigenvalue weighted by Gasteiger charge is -2.27. The summed E-state index contributed by atoms with van der Waals surface area (Å²) in [7, 11) is -3.23. The fourth-order valence-corrected chi connectivity index (χ4v) is 3.46. The van der Waals surface area contributed by atoms with Crippen molar-refractivity contribution in [2.24, 2.45) is 0 Å². The van der Waals surface area contributed by atoms with Gasteiger partial charge in [0.1, 0.15) is 15.4 Å². The zero-order valence-corrected chi connectivity index (χ0v) is 18.8. The number of carbonyl (C=O) groups is 1. The number of hydrogen-bond acceptors (Lipinski definition) is 6. The first kappa shape index (κ1) is 22.5. The van der Waals surface area contributed by atoms with E-state index in [-0.39, 0.29) is 18.8 Å². The molecule has 0 atom stereocenters. The first-order valence-corrected chi connectivity index (χ1v) is 11.7. The Morgan fingerprint density at radius 2 is 1.96 bits per heavy atom. The smallest absolute Gasteiger partial charge is 0.419 e. The molecule has 156 valence electrons. The molecule has 0 bridgehead atoms. The van der Waals surface area contributed by atoms with Crippen molar-refractivity contribution in [1.29, 1.82) is 0 Å². The number of rotatable bonds is 7. The molecule has 2 aromatic rings. The predicted molar refractivity (Wildman–Crippen MR) is 110 cm³/mol. The minimum Gasteiger partial charge on any atom is -0.444 e. The zero-order valence-electron chi connectivity index (χ0n) is 16.4. The molecule has 0 aliphatic rings. The SMILES string of the molecule is CC(C)(C)OC(=O)N(CCCn1c(=O)oc2ccc(Br)cc21)CCS(C)(=O)=O. The molecule has 1 aromatic heterocycles. The lowest BCUT2D eigenvalue weighted by molar-refractivity contribution is 0.0258.